The number of aromatic nitrogens is 2. The molecule has 3 rings (SSSR count). The Bertz CT molecular complexity index is 1190. The molecule has 3 aromatic rings. The van der Waals surface area contributed by atoms with Gasteiger partial charge in [-0.2, -0.15) is 0 Å². The molecule has 0 aliphatic heterocycles. The van der Waals surface area contributed by atoms with Crippen molar-refractivity contribution >= 4 is 10.0 Å². The standard InChI is InChI=1S/C21H25N3O6S/c1-13-6-7-15(11-18(13)31(26,27)24-21(2,3)12-25)20-23-22-19(30-20)14-8-9-16(28-4)17(10-14)29-5/h6-11,24-25H,12H2,1-5H3. The zero-order chi connectivity index (χ0) is 22.8. The summed E-state index contributed by atoms with van der Waals surface area (Å²) in [4.78, 5) is 0.0670. The van der Waals surface area contributed by atoms with Gasteiger partial charge in [0.15, 0.2) is 11.5 Å². The second-order valence-corrected chi connectivity index (χ2v) is 9.26. The van der Waals surface area contributed by atoms with Crippen LogP contribution in [0, 0.1) is 6.92 Å². The van der Waals surface area contributed by atoms with Gasteiger partial charge < -0.3 is 19.0 Å². The minimum Gasteiger partial charge on any atom is -0.493 e. The number of aliphatic hydroxyl groups is 1. The average Bonchev–Trinajstić information content (AvgIpc) is 3.23. The molecule has 166 valence electrons. The molecular formula is C21H25N3O6S. The van der Waals surface area contributed by atoms with Gasteiger partial charge in [-0.25, -0.2) is 13.1 Å². The van der Waals surface area contributed by atoms with E-state index in [1.54, 1.807) is 58.2 Å². The molecule has 9 nitrogen and oxygen atoms in total. The number of ether oxygens (including phenoxy) is 2. The van der Waals surface area contributed by atoms with Gasteiger partial charge >= 0.3 is 0 Å². The largest absolute Gasteiger partial charge is 0.493 e. The van der Waals surface area contributed by atoms with Crippen LogP contribution >= 0.6 is 0 Å². The maximum absolute atomic E-state index is 12.9. The van der Waals surface area contributed by atoms with Gasteiger partial charge in [-0.05, 0) is 56.7 Å². The molecule has 0 spiro atoms. The highest BCUT2D eigenvalue weighted by Crippen LogP contribution is 2.33. The van der Waals surface area contributed by atoms with Crippen LogP contribution in [-0.2, 0) is 10.0 Å². The first-order chi connectivity index (χ1) is 14.6. The third-order valence-corrected chi connectivity index (χ3v) is 6.43. The van der Waals surface area contributed by atoms with Crippen LogP contribution in [0.3, 0.4) is 0 Å². The van der Waals surface area contributed by atoms with E-state index in [-0.39, 0.29) is 23.3 Å². The number of methoxy groups -OCH3 is 2. The SMILES string of the molecule is COc1ccc(-c2nnc(-c3ccc(C)c(S(=O)(=O)NC(C)(C)CO)c3)o2)cc1OC. The molecule has 0 fully saturated rings. The number of nitrogens with zero attached hydrogens (tertiary/aromatic N) is 2. The van der Waals surface area contributed by atoms with E-state index in [2.05, 4.69) is 14.9 Å². The second kappa shape index (κ2) is 8.66. The fourth-order valence-electron chi connectivity index (χ4n) is 2.90. The second-order valence-electron chi connectivity index (χ2n) is 7.61. The summed E-state index contributed by atoms with van der Waals surface area (Å²) in [6, 6.07) is 10.0. The highest BCUT2D eigenvalue weighted by molar-refractivity contribution is 7.89. The van der Waals surface area contributed by atoms with Gasteiger partial charge in [-0.1, -0.05) is 6.07 Å². The van der Waals surface area contributed by atoms with E-state index in [4.69, 9.17) is 13.9 Å². The van der Waals surface area contributed by atoms with Gasteiger partial charge in [0, 0.05) is 11.1 Å². The lowest BCUT2D eigenvalue weighted by atomic mass is 10.1. The third kappa shape index (κ3) is 4.87. The van der Waals surface area contributed by atoms with Crippen LogP contribution in [0.5, 0.6) is 11.5 Å². The van der Waals surface area contributed by atoms with Crippen molar-refractivity contribution in [2.45, 2.75) is 31.2 Å². The van der Waals surface area contributed by atoms with Gasteiger partial charge in [0.2, 0.25) is 21.8 Å². The predicted molar refractivity (Wildman–Crippen MR) is 114 cm³/mol. The number of hydrogen-bond acceptors (Lipinski definition) is 8. The summed E-state index contributed by atoms with van der Waals surface area (Å²) in [5.41, 5.74) is 0.617. The molecule has 0 saturated carbocycles. The van der Waals surface area contributed by atoms with Crippen molar-refractivity contribution in [2.24, 2.45) is 0 Å². The number of sulfonamides is 1. The number of rotatable bonds is 8. The van der Waals surface area contributed by atoms with E-state index < -0.39 is 15.6 Å². The molecule has 0 unspecified atom stereocenters. The number of nitrogens with one attached hydrogen (secondary N) is 1. The summed E-state index contributed by atoms with van der Waals surface area (Å²) in [7, 11) is -0.811. The summed E-state index contributed by atoms with van der Waals surface area (Å²) >= 11 is 0. The monoisotopic (exact) mass is 447 g/mol. The summed E-state index contributed by atoms with van der Waals surface area (Å²) in [6.07, 6.45) is 0. The van der Waals surface area contributed by atoms with Crippen molar-refractivity contribution in [1.29, 1.82) is 0 Å². The van der Waals surface area contributed by atoms with Crippen molar-refractivity contribution < 1.29 is 27.4 Å². The fourth-order valence-corrected chi connectivity index (χ4v) is 4.58. The molecule has 0 aliphatic rings. The Labute approximate surface area is 181 Å². The third-order valence-electron chi connectivity index (χ3n) is 4.59. The van der Waals surface area contributed by atoms with E-state index >= 15 is 0 Å². The minimum absolute atomic E-state index is 0.0670. The minimum atomic E-state index is -3.88. The Hall–Kier alpha value is -2.95. The van der Waals surface area contributed by atoms with Crippen LogP contribution in [0.2, 0.25) is 0 Å². The molecule has 0 aliphatic carbocycles. The maximum atomic E-state index is 12.9. The van der Waals surface area contributed by atoms with Crippen LogP contribution < -0.4 is 14.2 Å². The quantitative estimate of drug-likeness (QED) is 0.540. The van der Waals surface area contributed by atoms with E-state index in [0.29, 0.717) is 28.2 Å². The lowest BCUT2D eigenvalue weighted by molar-refractivity contribution is 0.208. The van der Waals surface area contributed by atoms with Crippen molar-refractivity contribution in [1.82, 2.24) is 14.9 Å². The van der Waals surface area contributed by atoms with Crippen LogP contribution in [0.4, 0.5) is 0 Å². The van der Waals surface area contributed by atoms with Crippen LogP contribution in [-0.4, -0.2) is 50.1 Å². The number of hydrogen-bond donors (Lipinski definition) is 2. The molecular weight excluding hydrogens is 422 g/mol. The Morgan fingerprint density at radius 3 is 2.16 bits per heavy atom. The molecule has 0 amide bonds. The number of aliphatic hydroxyl groups excluding tert-OH is 1. The summed E-state index contributed by atoms with van der Waals surface area (Å²) in [6.45, 7) is 4.53. The van der Waals surface area contributed by atoms with Crippen molar-refractivity contribution in [2.75, 3.05) is 20.8 Å². The highest BCUT2D eigenvalue weighted by atomic mass is 32.2. The lowest BCUT2D eigenvalue weighted by Crippen LogP contribution is -2.46. The van der Waals surface area contributed by atoms with E-state index in [0.717, 1.165) is 0 Å². The normalized spacial score (nSPS) is 12.1. The fraction of sp³-hybridized carbons (Fsp3) is 0.333. The Morgan fingerprint density at radius 2 is 1.58 bits per heavy atom. The molecule has 2 N–H and O–H groups in total. The Kier molecular flexibility index (Phi) is 6.35. The van der Waals surface area contributed by atoms with Crippen LogP contribution in [0.25, 0.3) is 22.9 Å². The van der Waals surface area contributed by atoms with Crippen LogP contribution in [0.15, 0.2) is 45.7 Å². The van der Waals surface area contributed by atoms with E-state index in [9.17, 15) is 13.5 Å². The predicted octanol–water partition coefficient (Wildman–Crippen LogP) is 2.78. The summed E-state index contributed by atoms with van der Waals surface area (Å²) < 4.78 is 44.5. The number of aryl methyl sites for hydroxylation is 1. The first-order valence-electron chi connectivity index (χ1n) is 9.42. The van der Waals surface area contributed by atoms with Gasteiger partial charge in [-0.15, -0.1) is 10.2 Å². The zero-order valence-corrected chi connectivity index (χ0v) is 18.8. The molecule has 0 radical (unpaired) electrons. The van der Waals surface area contributed by atoms with Gasteiger partial charge in [0.05, 0.1) is 31.3 Å². The Morgan fingerprint density at radius 1 is 1.00 bits per heavy atom. The molecule has 0 atom stereocenters. The molecule has 1 aromatic heterocycles. The van der Waals surface area contributed by atoms with Crippen molar-refractivity contribution in [3.8, 4) is 34.4 Å². The Balaban J connectivity index is 1.97. The smallest absolute Gasteiger partial charge is 0.248 e. The first kappa shape index (κ1) is 22.7. The zero-order valence-electron chi connectivity index (χ0n) is 18.0. The van der Waals surface area contributed by atoms with Gasteiger partial charge in [0.1, 0.15) is 0 Å². The maximum Gasteiger partial charge on any atom is 0.248 e. The van der Waals surface area contributed by atoms with Crippen molar-refractivity contribution in [3.63, 3.8) is 0 Å². The summed E-state index contributed by atoms with van der Waals surface area (Å²) in [5, 5.41) is 17.5. The molecule has 10 heteroatoms. The van der Waals surface area contributed by atoms with Gasteiger partial charge in [-0.3, -0.25) is 0 Å². The lowest BCUT2D eigenvalue weighted by Gasteiger charge is -2.23. The number of benzene rings is 2. The molecule has 31 heavy (non-hydrogen) atoms. The van der Waals surface area contributed by atoms with E-state index in [1.165, 1.54) is 13.2 Å². The van der Waals surface area contributed by atoms with Crippen LogP contribution in [0.1, 0.15) is 19.4 Å². The molecule has 2 aromatic carbocycles. The molecule has 0 saturated heterocycles. The van der Waals surface area contributed by atoms with E-state index in [1.807, 2.05) is 0 Å². The molecule has 0 bridgehead atoms. The highest BCUT2D eigenvalue weighted by Gasteiger charge is 2.27. The average molecular weight is 448 g/mol. The first-order valence-corrected chi connectivity index (χ1v) is 10.9. The molecule has 1 heterocycles. The van der Waals surface area contributed by atoms with Crippen molar-refractivity contribution in [3.05, 3.63) is 42.0 Å². The topological polar surface area (TPSA) is 124 Å². The van der Waals surface area contributed by atoms with Gasteiger partial charge in [0.25, 0.3) is 0 Å². The summed E-state index contributed by atoms with van der Waals surface area (Å²) in [5.74, 6) is 1.50.